The molecule has 4 heteroatoms. The third-order valence-corrected chi connectivity index (χ3v) is 2.23. The van der Waals surface area contributed by atoms with Crippen molar-refractivity contribution in [3.63, 3.8) is 0 Å². The Balaban J connectivity index is 4.66. The molecule has 0 heterocycles. The molecule has 0 amide bonds. The average Bonchev–Trinajstić information content (AvgIpc) is 2.14. The van der Waals surface area contributed by atoms with Gasteiger partial charge >= 0.3 is 0 Å². The number of rotatable bonds is 2. The summed E-state index contributed by atoms with van der Waals surface area (Å²) >= 11 is 1.22. The van der Waals surface area contributed by atoms with Crippen LogP contribution in [0.5, 0.6) is 0 Å². The lowest BCUT2D eigenvalue weighted by molar-refractivity contribution is 0.715. The predicted molar refractivity (Wildman–Crippen MR) is 64.8 cm³/mol. The maximum absolute atomic E-state index is 7.66. The van der Waals surface area contributed by atoms with Gasteiger partial charge in [-0.3, -0.25) is 10.4 Å². The number of nitrogens with zero attached hydrogens (tertiary/aromatic N) is 2. The Morgan fingerprint density at radius 2 is 2.21 bits per heavy atom. The number of thioether (sulfide) groups is 1. The largest absolute Gasteiger partial charge is 0.312 e. The van der Waals surface area contributed by atoms with Crippen molar-refractivity contribution in [2.24, 2.45) is 4.99 Å². The van der Waals surface area contributed by atoms with Crippen molar-refractivity contribution in [2.45, 2.75) is 33.2 Å². The van der Waals surface area contributed by atoms with E-state index in [9.17, 15) is 0 Å². The average molecular weight is 211 g/mol. The lowest BCUT2D eigenvalue weighted by Gasteiger charge is -2.19. The van der Waals surface area contributed by atoms with Gasteiger partial charge in [0.15, 0.2) is 5.17 Å². The molecule has 0 bridgehead atoms. The number of amidine groups is 2. The lowest BCUT2D eigenvalue weighted by atomic mass is 10.4. The molecule has 1 N–H and O–H groups in total. The van der Waals surface area contributed by atoms with Gasteiger partial charge in [-0.05, 0) is 30.9 Å². The summed E-state index contributed by atoms with van der Waals surface area (Å²) in [5, 5.41) is 10.9. The second-order valence-corrected chi connectivity index (χ2v) is 3.89. The highest BCUT2D eigenvalue weighted by atomic mass is 32.2. The van der Waals surface area contributed by atoms with Gasteiger partial charge in [-0.25, -0.2) is 0 Å². The van der Waals surface area contributed by atoms with Crippen LogP contribution in [-0.4, -0.2) is 29.0 Å². The van der Waals surface area contributed by atoms with Crippen LogP contribution in [0.1, 0.15) is 27.2 Å². The van der Waals surface area contributed by atoms with Crippen molar-refractivity contribution < 1.29 is 0 Å². The number of hydrogen-bond acceptors (Lipinski definition) is 3. The third kappa shape index (κ3) is 4.33. The molecule has 0 aliphatic rings. The summed E-state index contributed by atoms with van der Waals surface area (Å²) in [6.45, 7) is 5.91. The maximum Gasteiger partial charge on any atom is 0.177 e. The van der Waals surface area contributed by atoms with Crippen molar-refractivity contribution in [1.29, 1.82) is 5.41 Å². The molecule has 0 aromatic rings. The van der Waals surface area contributed by atoms with E-state index in [1.165, 1.54) is 11.8 Å². The van der Waals surface area contributed by atoms with Gasteiger partial charge in [-0.1, -0.05) is 6.92 Å². The van der Waals surface area contributed by atoms with Crippen LogP contribution in [0, 0.1) is 17.1 Å². The molecule has 0 atom stereocenters. The van der Waals surface area contributed by atoms with Gasteiger partial charge < -0.3 is 4.90 Å². The molecule has 0 spiro atoms. The molecule has 0 unspecified atom stereocenters. The van der Waals surface area contributed by atoms with E-state index >= 15 is 0 Å². The van der Waals surface area contributed by atoms with Crippen LogP contribution in [0.25, 0.3) is 0 Å². The zero-order valence-electron chi connectivity index (χ0n) is 9.16. The monoisotopic (exact) mass is 211 g/mol. The lowest BCUT2D eigenvalue weighted by Crippen LogP contribution is -2.30. The molecule has 3 nitrogen and oxygen atoms in total. The summed E-state index contributed by atoms with van der Waals surface area (Å²) in [7, 11) is 1.82. The van der Waals surface area contributed by atoms with Crippen LogP contribution in [0.3, 0.4) is 0 Å². The molecule has 0 saturated carbocycles. The van der Waals surface area contributed by atoms with Crippen LogP contribution < -0.4 is 0 Å². The zero-order chi connectivity index (χ0) is 11.1. The standard InChI is InChI=1S/C10H17N3S/c1-6-9(11)13(5)10(14-7-2)12-8(3)4/h2,8,11H,6H2,1,3-5H3. The van der Waals surface area contributed by atoms with Crippen LogP contribution in [0.2, 0.25) is 0 Å². The molecule has 0 aromatic heterocycles. The minimum atomic E-state index is 0.193. The van der Waals surface area contributed by atoms with Crippen LogP contribution in [0.15, 0.2) is 4.99 Å². The van der Waals surface area contributed by atoms with Crippen LogP contribution in [0.4, 0.5) is 0 Å². The summed E-state index contributed by atoms with van der Waals surface area (Å²) < 4.78 is 0. The van der Waals surface area contributed by atoms with E-state index in [4.69, 9.17) is 11.8 Å². The normalized spacial score (nSPS) is 11.3. The minimum absolute atomic E-state index is 0.193. The van der Waals surface area contributed by atoms with E-state index in [0.717, 1.165) is 0 Å². The zero-order valence-corrected chi connectivity index (χ0v) is 9.98. The molecular weight excluding hydrogens is 194 g/mol. The highest BCUT2D eigenvalue weighted by Crippen LogP contribution is 2.09. The minimum Gasteiger partial charge on any atom is -0.312 e. The van der Waals surface area contributed by atoms with E-state index in [2.05, 4.69) is 10.2 Å². The molecule has 0 fully saturated rings. The van der Waals surface area contributed by atoms with Gasteiger partial charge in [0.25, 0.3) is 0 Å². The van der Waals surface area contributed by atoms with Crippen molar-refractivity contribution in [1.82, 2.24) is 4.90 Å². The summed E-state index contributed by atoms with van der Waals surface area (Å²) in [5.74, 6) is 0.521. The maximum atomic E-state index is 7.66. The molecule has 0 aliphatic carbocycles. The number of hydrogen-bond donors (Lipinski definition) is 1. The summed E-state index contributed by atoms with van der Waals surface area (Å²) in [5.41, 5.74) is 0. The Hall–Kier alpha value is -0.950. The third-order valence-electron chi connectivity index (χ3n) is 1.55. The molecule has 0 saturated heterocycles. The Bertz CT molecular complexity index is 263. The van der Waals surface area contributed by atoms with Crippen LogP contribution in [-0.2, 0) is 0 Å². The SMILES string of the molecule is C#CSC(=NC(C)C)N(C)C(=N)CC. The highest BCUT2D eigenvalue weighted by Gasteiger charge is 2.10. The topological polar surface area (TPSA) is 39.5 Å². The Labute approximate surface area is 90.5 Å². The molecule has 78 valence electrons. The van der Waals surface area contributed by atoms with Gasteiger partial charge in [0.2, 0.25) is 0 Å². The Morgan fingerprint density at radius 1 is 1.64 bits per heavy atom. The number of aliphatic imine (C=N–C) groups is 1. The Kier molecular flexibility index (Phi) is 6.06. The summed E-state index contributed by atoms with van der Waals surface area (Å²) in [4.78, 5) is 6.08. The van der Waals surface area contributed by atoms with E-state index in [-0.39, 0.29) is 6.04 Å². The van der Waals surface area contributed by atoms with Gasteiger partial charge in [-0.2, -0.15) is 0 Å². The van der Waals surface area contributed by atoms with E-state index in [1.54, 1.807) is 4.90 Å². The fourth-order valence-electron chi connectivity index (χ4n) is 0.808. The first-order chi connectivity index (χ1) is 6.52. The molecule has 0 aliphatic heterocycles. The molecular formula is C10H17N3S. The first kappa shape index (κ1) is 13.1. The Morgan fingerprint density at radius 3 is 2.57 bits per heavy atom. The van der Waals surface area contributed by atoms with E-state index < -0.39 is 0 Å². The van der Waals surface area contributed by atoms with Crippen molar-refractivity contribution >= 4 is 22.8 Å². The van der Waals surface area contributed by atoms with Crippen molar-refractivity contribution in [3.05, 3.63) is 0 Å². The number of nitrogens with one attached hydrogen (secondary N) is 1. The van der Waals surface area contributed by atoms with Crippen molar-refractivity contribution in [3.8, 4) is 11.7 Å². The van der Waals surface area contributed by atoms with Crippen LogP contribution >= 0.6 is 11.8 Å². The second-order valence-electron chi connectivity index (χ2n) is 3.08. The summed E-state index contributed by atoms with van der Waals surface area (Å²) in [6, 6.07) is 0.193. The molecule has 14 heavy (non-hydrogen) atoms. The summed E-state index contributed by atoms with van der Waals surface area (Å²) in [6.07, 6.45) is 5.90. The fourth-order valence-corrected chi connectivity index (χ4v) is 1.42. The van der Waals surface area contributed by atoms with Gasteiger partial charge in [0.1, 0.15) is 5.84 Å². The molecule has 0 rings (SSSR count). The molecule has 0 aromatic carbocycles. The fraction of sp³-hybridized carbons (Fsp3) is 0.600. The molecule has 0 radical (unpaired) electrons. The smallest absolute Gasteiger partial charge is 0.177 e. The van der Waals surface area contributed by atoms with Gasteiger partial charge in [-0.15, -0.1) is 6.42 Å². The van der Waals surface area contributed by atoms with E-state index in [1.807, 2.05) is 27.8 Å². The second kappa shape index (κ2) is 6.50. The highest BCUT2D eigenvalue weighted by molar-refractivity contribution is 8.17. The quantitative estimate of drug-likeness (QED) is 0.433. The number of terminal acetylenes is 1. The van der Waals surface area contributed by atoms with Crippen molar-refractivity contribution in [2.75, 3.05) is 7.05 Å². The predicted octanol–water partition coefficient (Wildman–Crippen LogP) is 2.39. The first-order valence-corrected chi connectivity index (χ1v) is 5.36. The first-order valence-electron chi connectivity index (χ1n) is 4.54. The van der Waals surface area contributed by atoms with Gasteiger partial charge in [0.05, 0.1) is 0 Å². The van der Waals surface area contributed by atoms with Gasteiger partial charge in [0, 0.05) is 19.5 Å². The van der Waals surface area contributed by atoms with E-state index in [0.29, 0.717) is 17.4 Å².